The maximum Gasteiger partial charge on any atom is 0.321 e. The van der Waals surface area contributed by atoms with Crippen molar-refractivity contribution in [3.05, 3.63) is 11.3 Å². The van der Waals surface area contributed by atoms with Crippen LogP contribution in [0.25, 0.3) is 0 Å². The van der Waals surface area contributed by atoms with E-state index in [9.17, 15) is 18.7 Å². The molecule has 0 aromatic rings. The number of carboxylic acid groups (broad SMARTS) is 1. The van der Waals surface area contributed by atoms with Crippen LogP contribution in [0.1, 0.15) is 61.3 Å². The summed E-state index contributed by atoms with van der Waals surface area (Å²) in [4.78, 5) is 20.3. The predicted octanol–water partition coefficient (Wildman–Crippen LogP) is 4.25. The third-order valence-corrected chi connectivity index (χ3v) is 6.17. The van der Waals surface area contributed by atoms with Gasteiger partial charge in [0.05, 0.1) is 12.6 Å². The van der Waals surface area contributed by atoms with Gasteiger partial charge in [0.2, 0.25) is 0 Å². The van der Waals surface area contributed by atoms with Crippen molar-refractivity contribution >= 4 is 11.8 Å². The van der Waals surface area contributed by atoms with Crippen LogP contribution in [0.3, 0.4) is 0 Å². The minimum Gasteiger partial charge on any atom is -0.480 e. The summed E-state index contributed by atoms with van der Waals surface area (Å²) in [6, 6.07) is -1.02. The number of aliphatic carboxylic acids is 1. The number of halogens is 2. The molecule has 164 valence electrons. The molecule has 0 amide bonds. The number of nitrogens with zero attached hydrogens (tertiary/aromatic N) is 3. The number of alkyl halides is 2. The summed E-state index contributed by atoms with van der Waals surface area (Å²) in [5, 5.41) is 9.41. The second kappa shape index (κ2) is 7.03. The first-order valence-electron chi connectivity index (χ1n) is 10.5. The number of aliphatic imine (C=N–C) groups is 1. The number of carboxylic acids is 1. The van der Waals surface area contributed by atoms with Gasteiger partial charge in [-0.2, -0.15) is 0 Å². The zero-order valence-corrected chi connectivity index (χ0v) is 18.7. The van der Waals surface area contributed by atoms with E-state index < -0.39 is 30.9 Å². The van der Waals surface area contributed by atoms with Crippen LogP contribution in [0.4, 0.5) is 8.78 Å². The van der Waals surface area contributed by atoms with Crippen LogP contribution in [0.2, 0.25) is 0 Å². The Morgan fingerprint density at radius 2 is 1.83 bits per heavy atom. The lowest BCUT2D eigenvalue weighted by molar-refractivity contribution is -0.142. The number of likely N-dealkylation sites (tertiary alicyclic amines) is 1. The molecule has 2 saturated heterocycles. The molecule has 3 aliphatic heterocycles. The minimum absolute atomic E-state index is 0.0426. The standard InChI is InChI=1S/C22H35F2N3O2/c1-13-17(20(2,3)4)15-8-14(11-27(15)19(25-13)21(5,6)7)10-26-12-22(23,24)9-16(26)18(28)29/h13-14,16H,8-12H2,1-7H3,(H,28,29)/t13-,14?,16-/m0/s1. The van der Waals surface area contributed by atoms with Crippen LogP contribution in [0.15, 0.2) is 16.3 Å². The first-order chi connectivity index (χ1) is 13.1. The normalized spacial score (nSPS) is 30.6. The molecule has 1 N–H and O–H groups in total. The van der Waals surface area contributed by atoms with Gasteiger partial charge in [-0.05, 0) is 30.3 Å². The second-order valence-electron chi connectivity index (χ2n) is 11.0. The molecule has 0 aromatic heterocycles. The summed E-state index contributed by atoms with van der Waals surface area (Å²) in [5.74, 6) is -2.94. The van der Waals surface area contributed by atoms with Crippen molar-refractivity contribution in [2.45, 2.75) is 79.3 Å². The lowest BCUT2D eigenvalue weighted by Crippen LogP contribution is -2.44. The molecule has 0 radical (unpaired) electrons. The summed E-state index contributed by atoms with van der Waals surface area (Å²) >= 11 is 0. The van der Waals surface area contributed by atoms with Crippen molar-refractivity contribution in [2.24, 2.45) is 21.7 Å². The van der Waals surface area contributed by atoms with Crippen LogP contribution in [-0.2, 0) is 4.79 Å². The molecular formula is C22H35F2N3O2. The lowest BCUT2D eigenvalue weighted by atomic mass is 9.79. The largest absolute Gasteiger partial charge is 0.480 e. The Balaban J connectivity index is 1.90. The first-order valence-corrected chi connectivity index (χ1v) is 10.5. The van der Waals surface area contributed by atoms with Gasteiger partial charge in [0, 0.05) is 30.6 Å². The fourth-order valence-electron chi connectivity index (χ4n) is 5.28. The molecule has 29 heavy (non-hydrogen) atoms. The monoisotopic (exact) mass is 411 g/mol. The highest BCUT2D eigenvalue weighted by Gasteiger charge is 2.50. The van der Waals surface area contributed by atoms with Gasteiger partial charge >= 0.3 is 5.97 Å². The SMILES string of the molecule is C[C@@H]1N=C(C(C)(C)C)N2CC(CN3CC(F)(F)C[C@H]3C(=O)O)CC2=C1C(C)(C)C. The predicted molar refractivity (Wildman–Crippen MR) is 110 cm³/mol. The van der Waals surface area contributed by atoms with Crippen LogP contribution in [0.5, 0.6) is 0 Å². The van der Waals surface area contributed by atoms with Gasteiger partial charge in [0.15, 0.2) is 0 Å². The van der Waals surface area contributed by atoms with Crippen molar-refractivity contribution in [3.63, 3.8) is 0 Å². The van der Waals surface area contributed by atoms with Gasteiger partial charge < -0.3 is 10.0 Å². The number of fused-ring (bicyclic) bond motifs is 1. The van der Waals surface area contributed by atoms with Crippen LogP contribution in [-0.4, -0.2) is 64.4 Å². The van der Waals surface area contributed by atoms with Crippen molar-refractivity contribution in [2.75, 3.05) is 19.6 Å². The molecular weight excluding hydrogens is 376 g/mol. The first kappa shape index (κ1) is 22.2. The molecule has 3 atom stereocenters. The molecule has 3 aliphatic rings. The summed E-state index contributed by atoms with van der Waals surface area (Å²) in [7, 11) is 0. The number of allylic oxidation sites excluding steroid dienone is 1. The van der Waals surface area contributed by atoms with E-state index in [1.54, 1.807) is 0 Å². The molecule has 3 heterocycles. The van der Waals surface area contributed by atoms with E-state index in [1.807, 2.05) is 0 Å². The molecule has 1 unspecified atom stereocenters. The van der Waals surface area contributed by atoms with Gasteiger partial charge in [-0.15, -0.1) is 0 Å². The Hall–Kier alpha value is -1.50. The second-order valence-corrected chi connectivity index (χ2v) is 11.0. The Morgan fingerprint density at radius 1 is 1.21 bits per heavy atom. The fourth-order valence-corrected chi connectivity index (χ4v) is 5.28. The van der Waals surface area contributed by atoms with E-state index in [1.165, 1.54) is 16.2 Å². The summed E-state index contributed by atoms with van der Waals surface area (Å²) < 4.78 is 27.8. The van der Waals surface area contributed by atoms with Gasteiger partial charge in [0.1, 0.15) is 11.9 Å². The molecule has 2 fully saturated rings. The van der Waals surface area contributed by atoms with Gasteiger partial charge in [-0.25, -0.2) is 8.78 Å². The topological polar surface area (TPSA) is 56.1 Å². The Morgan fingerprint density at radius 3 is 2.34 bits per heavy atom. The third kappa shape index (κ3) is 4.35. The Kier molecular flexibility index (Phi) is 5.38. The molecule has 7 heteroatoms. The molecule has 5 nitrogen and oxygen atoms in total. The van der Waals surface area contributed by atoms with E-state index in [4.69, 9.17) is 4.99 Å². The Bertz CT molecular complexity index is 746. The van der Waals surface area contributed by atoms with Gasteiger partial charge in [-0.3, -0.25) is 14.7 Å². The van der Waals surface area contributed by atoms with E-state index in [0.29, 0.717) is 13.1 Å². The summed E-state index contributed by atoms with van der Waals surface area (Å²) in [6.45, 7) is 15.7. The van der Waals surface area contributed by atoms with Crippen LogP contribution >= 0.6 is 0 Å². The number of rotatable bonds is 3. The summed E-state index contributed by atoms with van der Waals surface area (Å²) in [5.41, 5.74) is 2.39. The van der Waals surface area contributed by atoms with Crippen molar-refractivity contribution in [1.82, 2.24) is 9.80 Å². The average molecular weight is 412 g/mol. The van der Waals surface area contributed by atoms with Gasteiger partial charge in [0.25, 0.3) is 5.92 Å². The van der Waals surface area contributed by atoms with Gasteiger partial charge in [-0.1, -0.05) is 41.5 Å². The number of hydrogen-bond acceptors (Lipinski definition) is 4. The molecule has 0 aliphatic carbocycles. The smallest absolute Gasteiger partial charge is 0.321 e. The number of amidine groups is 1. The zero-order chi connectivity index (χ0) is 21.9. The number of hydrogen-bond donors (Lipinski definition) is 1. The molecule has 0 saturated carbocycles. The molecule has 0 spiro atoms. The van der Waals surface area contributed by atoms with E-state index >= 15 is 0 Å². The fraction of sp³-hybridized carbons (Fsp3) is 0.818. The van der Waals surface area contributed by atoms with Crippen molar-refractivity contribution in [1.29, 1.82) is 0 Å². The highest BCUT2D eigenvalue weighted by Crippen LogP contribution is 2.45. The average Bonchev–Trinajstić information content (AvgIpc) is 3.04. The van der Waals surface area contributed by atoms with E-state index in [-0.39, 0.29) is 22.8 Å². The maximum absolute atomic E-state index is 13.9. The Labute approximate surface area is 172 Å². The minimum atomic E-state index is -2.93. The number of carbonyl (C=O) groups is 1. The maximum atomic E-state index is 13.9. The summed E-state index contributed by atoms with van der Waals surface area (Å²) in [6.07, 6.45) is 0.181. The zero-order valence-electron chi connectivity index (χ0n) is 18.7. The van der Waals surface area contributed by atoms with Crippen molar-refractivity contribution < 1.29 is 18.7 Å². The molecule has 0 aromatic carbocycles. The lowest BCUT2D eigenvalue weighted by Gasteiger charge is -2.41. The quantitative estimate of drug-likeness (QED) is 0.754. The highest BCUT2D eigenvalue weighted by atomic mass is 19.3. The van der Waals surface area contributed by atoms with Crippen molar-refractivity contribution in [3.8, 4) is 0 Å². The van der Waals surface area contributed by atoms with E-state index in [2.05, 4.69) is 53.4 Å². The van der Waals surface area contributed by atoms with Crippen LogP contribution in [0, 0.1) is 16.7 Å². The molecule has 3 rings (SSSR count). The third-order valence-electron chi connectivity index (χ3n) is 6.17. The molecule has 0 bridgehead atoms. The van der Waals surface area contributed by atoms with E-state index in [0.717, 1.165) is 12.3 Å². The highest BCUT2D eigenvalue weighted by molar-refractivity contribution is 5.90. The van der Waals surface area contributed by atoms with Crippen LogP contribution < -0.4 is 0 Å².